The molecule has 106 valence electrons. The third kappa shape index (κ3) is 3.92. The van der Waals surface area contributed by atoms with Crippen molar-refractivity contribution in [1.29, 1.82) is 0 Å². The van der Waals surface area contributed by atoms with Gasteiger partial charge in [0.2, 0.25) is 15.9 Å². The normalized spacial score (nSPS) is 16.9. The van der Waals surface area contributed by atoms with Crippen LogP contribution in [0, 0.1) is 0 Å². The quantitative estimate of drug-likeness (QED) is 0.897. The van der Waals surface area contributed by atoms with E-state index < -0.39 is 10.0 Å². The van der Waals surface area contributed by atoms with Crippen LogP contribution in [0.5, 0.6) is 0 Å². The molecule has 1 aliphatic heterocycles. The van der Waals surface area contributed by atoms with Gasteiger partial charge in [0.1, 0.15) is 4.21 Å². The number of hydrogen-bond acceptors (Lipinski definition) is 4. The number of hydrogen-bond donors (Lipinski definition) is 1. The van der Waals surface area contributed by atoms with E-state index in [4.69, 9.17) is 11.6 Å². The molecule has 0 bridgehead atoms. The first-order chi connectivity index (χ1) is 8.99. The van der Waals surface area contributed by atoms with Crippen molar-refractivity contribution in [3.8, 4) is 0 Å². The van der Waals surface area contributed by atoms with Crippen LogP contribution in [0.1, 0.15) is 19.3 Å². The van der Waals surface area contributed by atoms with E-state index in [-0.39, 0.29) is 16.7 Å². The first-order valence-corrected chi connectivity index (χ1v) is 8.69. The highest BCUT2D eigenvalue weighted by atomic mass is 35.5. The molecule has 8 heteroatoms. The SMILES string of the molecule is O=C1CCCCN1CCNS(=O)(=O)c1ccc(Cl)s1. The highest BCUT2D eigenvalue weighted by Crippen LogP contribution is 2.25. The van der Waals surface area contributed by atoms with Gasteiger partial charge in [-0.2, -0.15) is 0 Å². The number of rotatable bonds is 5. The van der Waals surface area contributed by atoms with Crippen molar-refractivity contribution in [1.82, 2.24) is 9.62 Å². The lowest BCUT2D eigenvalue weighted by atomic mass is 10.1. The number of halogens is 1. The molecule has 1 saturated heterocycles. The predicted octanol–water partition coefficient (Wildman–Crippen LogP) is 1.69. The lowest BCUT2D eigenvalue weighted by Gasteiger charge is -2.26. The molecule has 2 heterocycles. The second-order valence-electron chi connectivity index (χ2n) is 4.29. The number of amides is 1. The molecule has 1 aromatic rings. The van der Waals surface area contributed by atoms with Crippen LogP contribution in [0.2, 0.25) is 4.34 Å². The number of piperidine rings is 1. The number of carbonyl (C=O) groups is 1. The second-order valence-corrected chi connectivity index (χ2v) is 8.00. The maximum Gasteiger partial charge on any atom is 0.250 e. The summed E-state index contributed by atoms with van der Waals surface area (Å²) in [6.07, 6.45) is 2.47. The van der Waals surface area contributed by atoms with Crippen LogP contribution in [0.25, 0.3) is 0 Å². The van der Waals surface area contributed by atoms with Gasteiger partial charge in [0, 0.05) is 26.1 Å². The standard InChI is InChI=1S/C11H15ClN2O3S2/c12-9-4-5-11(18-9)19(16,17)13-6-8-14-7-2-1-3-10(14)15/h4-5,13H,1-3,6-8H2. The van der Waals surface area contributed by atoms with Crippen molar-refractivity contribution >= 4 is 38.9 Å². The maximum atomic E-state index is 11.9. The third-order valence-corrected chi connectivity index (χ3v) is 6.09. The minimum atomic E-state index is -3.51. The van der Waals surface area contributed by atoms with Crippen molar-refractivity contribution in [2.75, 3.05) is 19.6 Å². The Bertz CT molecular complexity index is 556. The molecule has 0 radical (unpaired) electrons. The Morgan fingerprint density at radius 1 is 1.37 bits per heavy atom. The van der Waals surface area contributed by atoms with E-state index in [0.29, 0.717) is 23.8 Å². The van der Waals surface area contributed by atoms with Crippen molar-refractivity contribution < 1.29 is 13.2 Å². The average Bonchev–Trinajstić information content (AvgIpc) is 2.79. The summed E-state index contributed by atoms with van der Waals surface area (Å²) in [7, 11) is -3.51. The van der Waals surface area contributed by atoms with E-state index in [9.17, 15) is 13.2 Å². The molecule has 0 aliphatic carbocycles. The Kier molecular flexibility index (Phi) is 4.83. The van der Waals surface area contributed by atoms with Gasteiger partial charge in [-0.15, -0.1) is 11.3 Å². The second kappa shape index (κ2) is 6.21. The van der Waals surface area contributed by atoms with Crippen molar-refractivity contribution in [3.05, 3.63) is 16.5 Å². The largest absolute Gasteiger partial charge is 0.341 e. The van der Waals surface area contributed by atoms with Crippen LogP contribution in [0.3, 0.4) is 0 Å². The molecule has 0 atom stereocenters. The number of sulfonamides is 1. The number of thiophene rings is 1. The Morgan fingerprint density at radius 2 is 2.16 bits per heavy atom. The molecule has 19 heavy (non-hydrogen) atoms. The summed E-state index contributed by atoms with van der Waals surface area (Å²) in [6.45, 7) is 1.35. The van der Waals surface area contributed by atoms with Gasteiger partial charge in [0.05, 0.1) is 4.34 Å². The molecule has 1 aromatic heterocycles. The third-order valence-electron chi connectivity index (χ3n) is 2.91. The summed E-state index contributed by atoms with van der Waals surface area (Å²) < 4.78 is 26.9. The van der Waals surface area contributed by atoms with Crippen molar-refractivity contribution in [2.24, 2.45) is 0 Å². The molecule has 0 unspecified atom stereocenters. The molecule has 1 fully saturated rings. The van der Waals surface area contributed by atoms with Gasteiger partial charge in [-0.3, -0.25) is 4.79 Å². The van der Waals surface area contributed by atoms with E-state index in [1.54, 1.807) is 11.0 Å². The van der Waals surface area contributed by atoms with Gasteiger partial charge in [-0.1, -0.05) is 11.6 Å². The van der Waals surface area contributed by atoms with Gasteiger partial charge in [0.25, 0.3) is 0 Å². The Balaban J connectivity index is 1.86. The Hall–Kier alpha value is -0.630. The number of nitrogens with one attached hydrogen (secondary N) is 1. The number of likely N-dealkylation sites (tertiary alicyclic amines) is 1. The van der Waals surface area contributed by atoms with E-state index in [0.717, 1.165) is 24.2 Å². The molecule has 0 spiro atoms. The monoisotopic (exact) mass is 322 g/mol. The van der Waals surface area contributed by atoms with Crippen LogP contribution in [0.4, 0.5) is 0 Å². The first kappa shape index (κ1) is 14.8. The van der Waals surface area contributed by atoms with Crippen molar-refractivity contribution in [2.45, 2.75) is 23.5 Å². The van der Waals surface area contributed by atoms with Crippen LogP contribution >= 0.6 is 22.9 Å². The minimum absolute atomic E-state index is 0.101. The van der Waals surface area contributed by atoms with E-state index in [1.165, 1.54) is 6.07 Å². The predicted molar refractivity (Wildman–Crippen MR) is 74.9 cm³/mol. The number of carbonyl (C=O) groups excluding carboxylic acids is 1. The number of nitrogens with zero attached hydrogens (tertiary/aromatic N) is 1. The molecule has 1 N–H and O–H groups in total. The highest BCUT2D eigenvalue weighted by Gasteiger charge is 2.20. The topological polar surface area (TPSA) is 66.5 Å². The van der Waals surface area contributed by atoms with Gasteiger partial charge >= 0.3 is 0 Å². The van der Waals surface area contributed by atoms with Crippen LogP contribution in [0.15, 0.2) is 16.3 Å². The zero-order chi connectivity index (χ0) is 13.9. The lowest BCUT2D eigenvalue weighted by molar-refractivity contribution is -0.133. The summed E-state index contributed by atoms with van der Waals surface area (Å²) in [5.41, 5.74) is 0. The van der Waals surface area contributed by atoms with Crippen molar-refractivity contribution in [3.63, 3.8) is 0 Å². The zero-order valence-electron chi connectivity index (χ0n) is 10.3. The fraction of sp³-hybridized carbons (Fsp3) is 0.545. The van der Waals surface area contributed by atoms with E-state index in [2.05, 4.69) is 4.72 Å². The Morgan fingerprint density at radius 3 is 2.79 bits per heavy atom. The molecular weight excluding hydrogens is 308 g/mol. The fourth-order valence-electron chi connectivity index (χ4n) is 1.93. The molecule has 0 saturated carbocycles. The highest BCUT2D eigenvalue weighted by molar-refractivity contribution is 7.91. The molecular formula is C11H15ClN2O3S2. The fourth-order valence-corrected chi connectivity index (χ4v) is 4.47. The average molecular weight is 323 g/mol. The molecule has 1 amide bonds. The molecule has 1 aliphatic rings. The van der Waals surface area contributed by atoms with Crippen LogP contribution in [-0.2, 0) is 14.8 Å². The summed E-state index contributed by atoms with van der Waals surface area (Å²) in [5.74, 6) is 0.101. The first-order valence-electron chi connectivity index (χ1n) is 6.02. The Labute approximate surface area is 121 Å². The summed E-state index contributed by atoms with van der Waals surface area (Å²) in [4.78, 5) is 13.3. The lowest BCUT2D eigenvalue weighted by Crippen LogP contribution is -2.40. The zero-order valence-corrected chi connectivity index (χ0v) is 12.7. The van der Waals surface area contributed by atoms with E-state index >= 15 is 0 Å². The van der Waals surface area contributed by atoms with Gasteiger partial charge < -0.3 is 4.90 Å². The maximum absolute atomic E-state index is 11.9. The minimum Gasteiger partial charge on any atom is -0.341 e. The van der Waals surface area contributed by atoms with Crippen LogP contribution in [-0.4, -0.2) is 38.9 Å². The van der Waals surface area contributed by atoms with Gasteiger partial charge in [0.15, 0.2) is 0 Å². The van der Waals surface area contributed by atoms with Gasteiger partial charge in [-0.25, -0.2) is 13.1 Å². The molecule has 0 aromatic carbocycles. The summed E-state index contributed by atoms with van der Waals surface area (Å²) in [6, 6.07) is 3.02. The summed E-state index contributed by atoms with van der Waals surface area (Å²) in [5, 5.41) is 0. The van der Waals surface area contributed by atoms with Gasteiger partial charge in [-0.05, 0) is 25.0 Å². The summed E-state index contributed by atoms with van der Waals surface area (Å²) >= 11 is 6.73. The van der Waals surface area contributed by atoms with Crippen LogP contribution < -0.4 is 4.72 Å². The molecule has 2 rings (SSSR count). The smallest absolute Gasteiger partial charge is 0.250 e. The van der Waals surface area contributed by atoms with E-state index in [1.807, 2.05) is 0 Å². The molecule has 5 nitrogen and oxygen atoms in total.